The van der Waals surface area contributed by atoms with Crippen LogP contribution in [-0.2, 0) is 16.6 Å². The molecule has 0 saturated heterocycles. The van der Waals surface area contributed by atoms with Crippen LogP contribution in [-0.4, -0.2) is 26.6 Å². The Hall–Kier alpha value is -2.34. The minimum atomic E-state index is -3.46. The van der Waals surface area contributed by atoms with Crippen molar-refractivity contribution in [2.24, 2.45) is 11.8 Å². The molecule has 2 aromatic rings. The molecule has 2 aromatic carbocycles. The first kappa shape index (κ1) is 20.0. The van der Waals surface area contributed by atoms with E-state index in [1.54, 1.807) is 24.3 Å². The zero-order valence-corrected chi connectivity index (χ0v) is 17.8. The molecule has 0 spiro atoms. The molecule has 3 atom stereocenters. The molecular formula is C23H28N2O3S. The minimum absolute atomic E-state index is 0.0705. The summed E-state index contributed by atoms with van der Waals surface area (Å²) in [6.45, 7) is 2.24. The van der Waals surface area contributed by atoms with Crippen LogP contribution in [0, 0.1) is 18.8 Å². The number of hydrogen-bond donors (Lipinski definition) is 1. The summed E-state index contributed by atoms with van der Waals surface area (Å²) in [7, 11) is -3.46. The number of carbonyl (C=O) groups excluding carboxylic acids is 1. The number of nitrogens with one attached hydrogen (secondary N) is 1. The zero-order chi connectivity index (χ0) is 20.6. The van der Waals surface area contributed by atoms with Crippen molar-refractivity contribution in [3.05, 3.63) is 65.2 Å². The highest BCUT2D eigenvalue weighted by Crippen LogP contribution is 2.44. The first-order valence-corrected chi connectivity index (χ1v) is 12.1. The Labute approximate surface area is 173 Å². The summed E-state index contributed by atoms with van der Waals surface area (Å²) in [5.41, 5.74) is 3.13. The van der Waals surface area contributed by atoms with Gasteiger partial charge in [-0.05, 0) is 73.4 Å². The van der Waals surface area contributed by atoms with E-state index in [2.05, 4.69) is 5.32 Å². The monoisotopic (exact) mass is 412 g/mol. The second-order valence-corrected chi connectivity index (χ2v) is 10.4. The summed E-state index contributed by atoms with van der Waals surface area (Å²) in [6.07, 6.45) is 6.06. The van der Waals surface area contributed by atoms with E-state index in [-0.39, 0.29) is 18.5 Å². The normalized spacial score (nSPS) is 23.2. The van der Waals surface area contributed by atoms with Crippen molar-refractivity contribution in [2.75, 3.05) is 10.6 Å². The van der Waals surface area contributed by atoms with Crippen LogP contribution in [0.2, 0.25) is 0 Å². The molecule has 2 aliphatic carbocycles. The van der Waals surface area contributed by atoms with Crippen LogP contribution >= 0.6 is 0 Å². The van der Waals surface area contributed by atoms with Crippen molar-refractivity contribution in [3.63, 3.8) is 0 Å². The Morgan fingerprint density at radius 3 is 2.38 bits per heavy atom. The molecule has 0 aliphatic heterocycles. The van der Waals surface area contributed by atoms with E-state index >= 15 is 0 Å². The van der Waals surface area contributed by atoms with Crippen LogP contribution in [0.15, 0.2) is 48.5 Å². The van der Waals surface area contributed by atoms with Crippen LogP contribution in [0.25, 0.3) is 0 Å². The number of hydrogen-bond acceptors (Lipinski definition) is 3. The average Bonchev–Trinajstić information content (AvgIpc) is 3.30. The standard InChI is InChI=1S/C23H28N2O3S/c1-16-5-3-4-6-20(16)15-25(29(2,27)28)21-11-9-18(10-12-21)23(26)24-22-14-17-7-8-19(22)13-17/h3-6,9-12,17,19,22H,7-8,13-15H2,1-2H3,(H,24,26)/t17-,19-,22+/m1/s1. The molecule has 0 radical (unpaired) electrons. The number of carbonyl (C=O) groups is 1. The zero-order valence-electron chi connectivity index (χ0n) is 17.0. The van der Waals surface area contributed by atoms with Gasteiger partial charge in [0.05, 0.1) is 18.5 Å². The summed E-state index contributed by atoms with van der Waals surface area (Å²) in [4.78, 5) is 12.6. The maximum Gasteiger partial charge on any atom is 0.251 e. The lowest BCUT2D eigenvalue weighted by Gasteiger charge is -2.24. The van der Waals surface area contributed by atoms with Gasteiger partial charge in [0, 0.05) is 11.6 Å². The number of aryl methyl sites for hydroxylation is 1. The van der Waals surface area contributed by atoms with Gasteiger partial charge in [-0.1, -0.05) is 30.7 Å². The second kappa shape index (κ2) is 7.82. The first-order valence-electron chi connectivity index (χ1n) is 10.2. The summed E-state index contributed by atoms with van der Waals surface area (Å²) < 4.78 is 26.2. The summed E-state index contributed by atoms with van der Waals surface area (Å²) >= 11 is 0. The SMILES string of the molecule is Cc1ccccc1CN(c1ccc(C(=O)N[C@H]2C[C@@H]3CC[C@@H]2C3)cc1)S(C)(=O)=O. The van der Waals surface area contributed by atoms with E-state index < -0.39 is 10.0 Å². The Balaban J connectivity index is 1.50. The third kappa shape index (κ3) is 4.32. The molecule has 1 N–H and O–H groups in total. The molecule has 2 bridgehead atoms. The number of sulfonamides is 1. The van der Waals surface area contributed by atoms with Gasteiger partial charge in [0.1, 0.15) is 0 Å². The fraction of sp³-hybridized carbons (Fsp3) is 0.435. The van der Waals surface area contributed by atoms with Gasteiger partial charge in [0.2, 0.25) is 10.0 Å². The molecule has 29 heavy (non-hydrogen) atoms. The van der Waals surface area contributed by atoms with Gasteiger partial charge >= 0.3 is 0 Å². The molecule has 2 saturated carbocycles. The summed E-state index contributed by atoms with van der Waals surface area (Å²) in [5.74, 6) is 1.33. The fourth-order valence-electron chi connectivity index (χ4n) is 4.79. The third-order valence-corrected chi connectivity index (χ3v) is 7.59. The molecule has 0 heterocycles. The van der Waals surface area contributed by atoms with Gasteiger partial charge in [-0.3, -0.25) is 9.10 Å². The van der Waals surface area contributed by atoms with Crippen LogP contribution in [0.4, 0.5) is 5.69 Å². The van der Waals surface area contributed by atoms with Crippen LogP contribution in [0.3, 0.4) is 0 Å². The van der Waals surface area contributed by atoms with Crippen molar-refractivity contribution < 1.29 is 13.2 Å². The van der Waals surface area contributed by atoms with Crippen LogP contribution in [0.5, 0.6) is 0 Å². The highest BCUT2D eigenvalue weighted by molar-refractivity contribution is 7.92. The number of amides is 1. The van der Waals surface area contributed by atoms with E-state index in [0.29, 0.717) is 17.2 Å². The van der Waals surface area contributed by atoms with Crippen molar-refractivity contribution in [2.45, 2.75) is 45.2 Å². The van der Waals surface area contributed by atoms with E-state index in [9.17, 15) is 13.2 Å². The third-order valence-electron chi connectivity index (χ3n) is 6.45. The predicted octanol–water partition coefficient (Wildman–Crippen LogP) is 3.88. The Morgan fingerprint density at radius 1 is 1.07 bits per heavy atom. The summed E-state index contributed by atoms with van der Waals surface area (Å²) in [5, 5.41) is 3.18. The molecule has 2 aliphatic rings. The van der Waals surface area contributed by atoms with Crippen molar-refractivity contribution in [1.82, 2.24) is 5.32 Å². The smallest absolute Gasteiger partial charge is 0.251 e. The van der Waals surface area contributed by atoms with E-state index in [1.807, 2.05) is 31.2 Å². The minimum Gasteiger partial charge on any atom is -0.349 e. The number of fused-ring (bicyclic) bond motifs is 2. The number of nitrogens with zero attached hydrogens (tertiary/aromatic N) is 1. The first-order chi connectivity index (χ1) is 13.8. The fourth-order valence-corrected chi connectivity index (χ4v) is 5.67. The van der Waals surface area contributed by atoms with Gasteiger partial charge in [0.25, 0.3) is 5.91 Å². The van der Waals surface area contributed by atoms with Gasteiger partial charge in [-0.15, -0.1) is 0 Å². The lowest BCUT2D eigenvalue weighted by atomic mass is 9.95. The maximum atomic E-state index is 12.6. The molecular weight excluding hydrogens is 384 g/mol. The molecule has 154 valence electrons. The largest absolute Gasteiger partial charge is 0.349 e. The molecule has 4 rings (SSSR count). The highest BCUT2D eigenvalue weighted by Gasteiger charge is 2.40. The topological polar surface area (TPSA) is 66.5 Å². The molecule has 0 aromatic heterocycles. The quantitative estimate of drug-likeness (QED) is 0.783. The lowest BCUT2D eigenvalue weighted by Crippen LogP contribution is -2.38. The van der Waals surface area contributed by atoms with E-state index in [1.165, 1.54) is 29.8 Å². The van der Waals surface area contributed by atoms with Crippen LogP contribution < -0.4 is 9.62 Å². The average molecular weight is 413 g/mol. The Bertz CT molecular complexity index is 1000. The second-order valence-electron chi connectivity index (χ2n) is 8.50. The number of anilines is 1. The summed E-state index contributed by atoms with van der Waals surface area (Å²) in [6, 6.07) is 14.9. The molecule has 0 unspecified atom stereocenters. The molecule has 1 amide bonds. The number of benzene rings is 2. The maximum absolute atomic E-state index is 12.6. The number of rotatable bonds is 6. The van der Waals surface area contributed by atoms with Gasteiger partial charge in [0.15, 0.2) is 0 Å². The van der Waals surface area contributed by atoms with E-state index in [0.717, 1.165) is 23.5 Å². The molecule has 2 fully saturated rings. The highest BCUT2D eigenvalue weighted by atomic mass is 32.2. The molecule has 5 nitrogen and oxygen atoms in total. The van der Waals surface area contributed by atoms with Gasteiger partial charge in [-0.25, -0.2) is 8.42 Å². The Morgan fingerprint density at radius 2 is 1.79 bits per heavy atom. The predicted molar refractivity (Wildman–Crippen MR) is 115 cm³/mol. The van der Waals surface area contributed by atoms with E-state index in [4.69, 9.17) is 0 Å². The van der Waals surface area contributed by atoms with Crippen molar-refractivity contribution in [3.8, 4) is 0 Å². The van der Waals surface area contributed by atoms with Crippen molar-refractivity contribution >= 4 is 21.6 Å². The Kier molecular flexibility index (Phi) is 5.38. The lowest BCUT2D eigenvalue weighted by molar-refractivity contribution is 0.0923. The van der Waals surface area contributed by atoms with Crippen LogP contribution in [0.1, 0.15) is 47.2 Å². The van der Waals surface area contributed by atoms with Gasteiger partial charge in [-0.2, -0.15) is 0 Å². The van der Waals surface area contributed by atoms with Gasteiger partial charge < -0.3 is 5.32 Å². The van der Waals surface area contributed by atoms with Crippen molar-refractivity contribution in [1.29, 1.82) is 0 Å². The molecule has 6 heteroatoms.